The highest BCUT2D eigenvalue weighted by Gasteiger charge is 2.65. The van der Waals surface area contributed by atoms with Crippen molar-refractivity contribution in [2.75, 3.05) is 33.9 Å². The third-order valence-electron chi connectivity index (χ3n) is 5.62. The summed E-state index contributed by atoms with van der Waals surface area (Å²) in [6.07, 6.45) is 8.03. The van der Waals surface area contributed by atoms with E-state index in [9.17, 15) is 0 Å². The van der Waals surface area contributed by atoms with Crippen LogP contribution < -0.4 is 10.6 Å². The summed E-state index contributed by atoms with van der Waals surface area (Å²) < 4.78 is 11.1. The van der Waals surface area contributed by atoms with Gasteiger partial charge in [0.25, 0.3) is 0 Å². The molecule has 5 heteroatoms. The van der Waals surface area contributed by atoms with Gasteiger partial charge in [0.1, 0.15) is 0 Å². The summed E-state index contributed by atoms with van der Waals surface area (Å²) in [6.45, 7) is 2.63. The molecule has 21 heavy (non-hydrogen) atoms. The zero-order chi connectivity index (χ0) is 14.7. The molecule has 1 heterocycles. The van der Waals surface area contributed by atoms with Gasteiger partial charge in [-0.1, -0.05) is 12.8 Å². The fraction of sp³-hybridized carbons (Fsp3) is 0.938. The van der Waals surface area contributed by atoms with Crippen molar-refractivity contribution in [3.63, 3.8) is 0 Å². The fourth-order valence-corrected chi connectivity index (χ4v) is 4.67. The maximum Gasteiger partial charge on any atom is 0.191 e. The first kappa shape index (κ1) is 15.1. The Labute approximate surface area is 127 Å². The van der Waals surface area contributed by atoms with E-state index in [0.29, 0.717) is 23.5 Å². The smallest absolute Gasteiger partial charge is 0.191 e. The Morgan fingerprint density at radius 2 is 2.19 bits per heavy atom. The first-order valence-electron chi connectivity index (χ1n) is 8.39. The van der Waals surface area contributed by atoms with E-state index >= 15 is 0 Å². The lowest BCUT2D eigenvalue weighted by atomic mass is 9.54. The molecule has 0 aromatic rings. The largest absolute Gasteiger partial charge is 0.385 e. The standard InChI is InChI=1S/C16H29N3O2/c1-17-15(18-9-5-10-20-2)19-13-12-6-11-21-14(12)16(13)7-3-4-8-16/h12-14H,3-11H2,1-2H3,(H2,17,18,19). The molecule has 3 rings (SSSR count). The Bertz CT molecular complexity index is 380. The number of methoxy groups -OCH3 is 1. The Morgan fingerprint density at radius 1 is 1.38 bits per heavy atom. The molecule has 2 saturated carbocycles. The molecule has 2 aliphatic carbocycles. The molecular weight excluding hydrogens is 266 g/mol. The summed E-state index contributed by atoms with van der Waals surface area (Å²) in [5.41, 5.74) is 0.380. The summed E-state index contributed by atoms with van der Waals surface area (Å²) >= 11 is 0. The van der Waals surface area contributed by atoms with E-state index in [1.54, 1.807) is 7.11 Å². The predicted octanol–water partition coefficient (Wildman–Crippen LogP) is 1.54. The first-order valence-corrected chi connectivity index (χ1v) is 8.39. The van der Waals surface area contributed by atoms with Gasteiger partial charge in [0.15, 0.2) is 5.96 Å². The van der Waals surface area contributed by atoms with Gasteiger partial charge in [-0.3, -0.25) is 4.99 Å². The minimum atomic E-state index is 0.380. The fourth-order valence-electron chi connectivity index (χ4n) is 4.67. The minimum absolute atomic E-state index is 0.380. The maximum atomic E-state index is 6.03. The van der Waals surface area contributed by atoms with Crippen LogP contribution in [-0.4, -0.2) is 52.0 Å². The van der Waals surface area contributed by atoms with Crippen molar-refractivity contribution in [1.82, 2.24) is 10.6 Å². The molecule has 1 spiro atoms. The number of hydrogen-bond acceptors (Lipinski definition) is 3. The lowest BCUT2D eigenvalue weighted by Gasteiger charge is -2.57. The first-order chi connectivity index (χ1) is 10.3. The number of fused-ring (bicyclic) bond motifs is 2. The third-order valence-corrected chi connectivity index (χ3v) is 5.62. The molecule has 0 aromatic carbocycles. The number of aliphatic imine (C=N–C) groups is 1. The lowest BCUT2D eigenvalue weighted by Crippen LogP contribution is -2.69. The Morgan fingerprint density at radius 3 is 2.90 bits per heavy atom. The molecule has 3 unspecified atom stereocenters. The van der Waals surface area contributed by atoms with Gasteiger partial charge in [-0.2, -0.15) is 0 Å². The average Bonchev–Trinajstić information content (AvgIpc) is 3.14. The molecule has 120 valence electrons. The van der Waals surface area contributed by atoms with Crippen LogP contribution in [0.25, 0.3) is 0 Å². The molecule has 0 aromatic heterocycles. The molecule has 5 nitrogen and oxygen atoms in total. The van der Waals surface area contributed by atoms with E-state index < -0.39 is 0 Å². The molecule has 0 amide bonds. The van der Waals surface area contributed by atoms with Gasteiger partial charge in [-0.15, -0.1) is 0 Å². The molecule has 2 N–H and O–H groups in total. The second kappa shape index (κ2) is 6.53. The van der Waals surface area contributed by atoms with Gasteiger partial charge in [-0.25, -0.2) is 0 Å². The van der Waals surface area contributed by atoms with Crippen LogP contribution in [-0.2, 0) is 9.47 Å². The van der Waals surface area contributed by atoms with Gasteiger partial charge in [0.05, 0.1) is 6.10 Å². The molecule has 0 radical (unpaired) electrons. The lowest BCUT2D eigenvalue weighted by molar-refractivity contribution is -0.125. The van der Waals surface area contributed by atoms with Gasteiger partial charge >= 0.3 is 0 Å². The van der Waals surface area contributed by atoms with Crippen LogP contribution in [0.5, 0.6) is 0 Å². The molecular formula is C16H29N3O2. The van der Waals surface area contributed by atoms with Crippen LogP contribution >= 0.6 is 0 Å². The Hall–Kier alpha value is -0.810. The normalized spacial score (nSPS) is 33.8. The molecule has 3 aliphatic rings. The quantitative estimate of drug-likeness (QED) is 0.459. The summed E-state index contributed by atoms with van der Waals surface area (Å²) in [7, 11) is 3.60. The minimum Gasteiger partial charge on any atom is -0.385 e. The zero-order valence-electron chi connectivity index (χ0n) is 13.4. The molecule has 3 atom stereocenters. The van der Waals surface area contributed by atoms with Crippen LogP contribution in [0.1, 0.15) is 38.5 Å². The van der Waals surface area contributed by atoms with Crippen LogP contribution in [0.4, 0.5) is 0 Å². The summed E-state index contributed by atoms with van der Waals surface area (Å²) in [4.78, 5) is 4.39. The second-order valence-electron chi connectivity index (χ2n) is 6.65. The van der Waals surface area contributed by atoms with Crippen molar-refractivity contribution in [1.29, 1.82) is 0 Å². The number of rotatable bonds is 5. The summed E-state index contributed by atoms with van der Waals surface area (Å²) in [6, 6.07) is 0.543. The van der Waals surface area contributed by atoms with Crippen molar-refractivity contribution in [3.05, 3.63) is 0 Å². The van der Waals surface area contributed by atoms with E-state index in [0.717, 1.165) is 32.1 Å². The maximum absolute atomic E-state index is 6.03. The van der Waals surface area contributed by atoms with Crippen molar-refractivity contribution >= 4 is 5.96 Å². The van der Waals surface area contributed by atoms with Gasteiger partial charge in [0.2, 0.25) is 0 Å². The topological polar surface area (TPSA) is 54.9 Å². The number of hydrogen-bond donors (Lipinski definition) is 2. The van der Waals surface area contributed by atoms with Crippen LogP contribution in [0, 0.1) is 11.3 Å². The monoisotopic (exact) mass is 295 g/mol. The summed E-state index contributed by atoms with van der Waals surface area (Å²) in [5.74, 6) is 1.62. The zero-order valence-corrected chi connectivity index (χ0v) is 13.4. The van der Waals surface area contributed by atoms with Crippen LogP contribution in [0.15, 0.2) is 4.99 Å². The third kappa shape index (κ3) is 2.66. The van der Waals surface area contributed by atoms with Gasteiger partial charge < -0.3 is 20.1 Å². The van der Waals surface area contributed by atoms with E-state index in [1.165, 1.54) is 32.1 Å². The van der Waals surface area contributed by atoms with Crippen LogP contribution in [0.2, 0.25) is 0 Å². The van der Waals surface area contributed by atoms with Gasteiger partial charge in [-0.05, 0) is 25.7 Å². The van der Waals surface area contributed by atoms with Crippen molar-refractivity contribution in [2.24, 2.45) is 16.3 Å². The number of ether oxygens (including phenoxy) is 2. The highest BCUT2D eigenvalue weighted by atomic mass is 16.5. The second-order valence-corrected chi connectivity index (χ2v) is 6.65. The van der Waals surface area contributed by atoms with Gasteiger partial charge in [0, 0.05) is 51.3 Å². The molecule has 0 bridgehead atoms. The Kier molecular flexibility index (Phi) is 4.69. The molecule has 3 fully saturated rings. The molecule has 1 aliphatic heterocycles. The number of nitrogens with zero attached hydrogens (tertiary/aromatic N) is 1. The summed E-state index contributed by atoms with van der Waals surface area (Å²) in [5, 5.41) is 7.11. The van der Waals surface area contributed by atoms with E-state index in [1.807, 2.05) is 7.05 Å². The number of guanidine groups is 1. The highest BCUT2D eigenvalue weighted by molar-refractivity contribution is 5.80. The average molecular weight is 295 g/mol. The highest BCUT2D eigenvalue weighted by Crippen LogP contribution is 2.60. The SMILES string of the molecule is CN=C(NCCCOC)NC1C2CCOC2C12CCCC2. The predicted molar refractivity (Wildman–Crippen MR) is 83.5 cm³/mol. The molecule has 1 saturated heterocycles. The van der Waals surface area contributed by atoms with Crippen molar-refractivity contribution in [3.8, 4) is 0 Å². The van der Waals surface area contributed by atoms with Crippen molar-refractivity contribution < 1.29 is 9.47 Å². The van der Waals surface area contributed by atoms with E-state index in [2.05, 4.69) is 15.6 Å². The van der Waals surface area contributed by atoms with E-state index in [4.69, 9.17) is 9.47 Å². The van der Waals surface area contributed by atoms with Crippen molar-refractivity contribution in [2.45, 2.75) is 50.7 Å². The van der Waals surface area contributed by atoms with Crippen LogP contribution in [0.3, 0.4) is 0 Å². The number of nitrogens with one attached hydrogen (secondary N) is 2. The van der Waals surface area contributed by atoms with E-state index in [-0.39, 0.29) is 0 Å². The Balaban J connectivity index is 1.57.